The van der Waals surface area contributed by atoms with E-state index in [0.717, 1.165) is 0 Å². The zero-order valence-corrected chi connectivity index (χ0v) is 15.0. The van der Waals surface area contributed by atoms with Crippen LogP contribution in [0.1, 0.15) is 29.8 Å². The van der Waals surface area contributed by atoms with Gasteiger partial charge in [0, 0.05) is 30.8 Å². The maximum absolute atomic E-state index is 13.6. The molecule has 0 fully saturated rings. The molecule has 0 radical (unpaired) electrons. The molecule has 2 aromatic rings. The Bertz CT molecular complexity index is 849. The lowest BCUT2D eigenvalue weighted by molar-refractivity contribution is 0.0772. The Kier molecular flexibility index (Phi) is 6.27. The molecule has 134 valence electrons. The second kappa shape index (κ2) is 8.22. The smallest absolute Gasteiger partial charge is 0.253 e. The maximum Gasteiger partial charge on any atom is 0.253 e. The number of hydrogen-bond acceptors (Lipinski definition) is 3. The molecule has 0 atom stereocenters. The summed E-state index contributed by atoms with van der Waals surface area (Å²) in [5.41, 5.74) is 0.555. The van der Waals surface area contributed by atoms with Crippen molar-refractivity contribution in [2.45, 2.75) is 25.3 Å². The van der Waals surface area contributed by atoms with Crippen LogP contribution in [0.3, 0.4) is 0 Å². The van der Waals surface area contributed by atoms with Crippen LogP contribution in [0.25, 0.3) is 0 Å². The number of halogens is 1. The summed E-state index contributed by atoms with van der Waals surface area (Å²) in [6, 6.07) is 11.8. The van der Waals surface area contributed by atoms with Crippen molar-refractivity contribution in [3.8, 4) is 0 Å². The number of carbonyl (C=O) groups excluding carboxylic acids is 1. The first-order valence-corrected chi connectivity index (χ1v) is 9.49. The van der Waals surface area contributed by atoms with Crippen LogP contribution < -0.4 is 4.72 Å². The number of benzene rings is 2. The van der Waals surface area contributed by atoms with Crippen molar-refractivity contribution in [1.29, 1.82) is 0 Å². The number of nitrogens with one attached hydrogen (secondary N) is 1. The molecule has 0 spiro atoms. The summed E-state index contributed by atoms with van der Waals surface area (Å²) in [7, 11) is -3.86. The minimum absolute atomic E-state index is 0.0261. The van der Waals surface area contributed by atoms with Crippen molar-refractivity contribution in [3.05, 3.63) is 65.5 Å². The van der Waals surface area contributed by atoms with Crippen molar-refractivity contribution < 1.29 is 17.6 Å². The van der Waals surface area contributed by atoms with Crippen LogP contribution in [-0.4, -0.2) is 32.3 Å². The largest absolute Gasteiger partial charge is 0.339 e. The number of sulfonamides is 1. The van der Waals surface area contributed by atoms with E-state index < -0.39 is 15.8 Å². The summed E-state index contributed by atoms with van der Waals surface area (Å²) >= 11 is 0. The average Bonchev–Trinajstić information content (AvgIpc) is 2.62. The van der Waals surface area contributed by atoms with Gasteiger partial charge in [0.05, 0.1) is 4.90 Å². The van der Waals surface area contributed by atoms with Gasteiger partial charge in [-0.25, -0.2) is 17.5 Å². The highest BCUT2D eigenvalue weighted by Crippen LogP contribution is 2.15. The standard InChI is InChI=1S/C18H21FN2O3S/c1-3-21(4-2)18(22)14-9-7-10-16(12-14)25(23,24)20-13-15-8-5-6-11-17(15)19/h5-12,20H,3-4,13H2,1-2H3. The Labute approximate surface area is 147 Å². The van der Waals surface area contributed by atoms with Crippen molar-refractivity contribution in [1.82, 2.24) is 9.62 Å². The monoisotopic (exact) mass is 364 g/mol. The fraction of sp³-hybridized carbons (Fsp3) is 0.278. The van der Waals surface area contributed by atoms with Crippen LogP contribution >= 0.6 is 0 Å². The van der Waals surface area contributed by atoms with E-state index in [1.807, 2.05) is 13.8 Å². The molecule has 25 heavy (non-hydrogen) atoms. The van der Waals surface area contributed by atoms with Crippen LogP contribution in [0.4, 0.5) is 4.39 Å². The fourth-order valence-electron chi connectivity index (χ4n) is 2.39. The summed E-state index contributed by atoms with van der Waals surface area (Å²) in [5, 5.41) is 0. The predicted octanol–water partition coefficient (Wildman–Crippen LogP) is 2.79. The topological polar surface area (TPSA) is 66.5 Å². The van der Waals surface area contributed by atoms with E-state index in [4.69, 9.17) is 0 Å². The second-order valence-corrected chi connectivity index (χ2v) is 7.19. The third-order valence-electron chi connectivity index (χ3n) is 3.85. The molecule has 1 N–H and O–H groups in total. The number of amides is 1. The minimum atomic E-state index is -3.86. The highest BCUT2D eigenvalue weighted by atomic mass is 32.2. The molecule has 0 aliphatic heterocycles. The Morgan fingerprint density at radius 2 is 1.76 bits per heavy atom. The van der Waals surface area contributed by atoms with Gasteiger partial charge < -0.3 is 4.90 Å². The van der Waals surface area contributed by atoms with Gasteiger partial charge in [0.15, 0.2) is 0 Å². The molecule has 0 aliphatic carbocycles. The van der Waals surface area contributed by atoms with Crippen LogP contribution in [0.5, 0.6) is 0 Å². The summed E-state index contributed by atoms with van der Waals surface area (Å²) < 4.78 is 40.9. The average molecular weight is 364 g/mol. The van der Waals surface area contributed by atoms with Gasteiger partial charge in [-0.15, -0.1) is 0 Å². The highest BCUT2D eigenvalue weighted by Gasteiger charge is 2.18. The van der Waals surface area contributed by atoms with E-state index in [-0.39, 0.29) is 22.9 Å². The van der Waals surface area contributed by atoms with E-state index in [1.165, 1.54) is 36.4 Å². The van der Waals surface area contributed by atoms with Gasteiger partial charge in [-0.1, -0.05) is 24.3 Å². The molecule has 0 saturated heterocycles. The van der Waals surface area contributed by atoms with E-state index in [9.17, 15) is 17.6 Å². The van der Waals surface area contributed by atoms with Crippen LogP contribution in [0.15, 0.2) is 53.4 Å². The molecule has 0 heterocycles. The minimum Gasteiger partial charge on any atom is -0.339 e. The number of carbonyl (C=O) groups is 1. The quantitative estimate of drug-likeness (QED) is 0.821. The van der Waals surface area contributed by atoms with Gasteiger partial charge in [0.2, 0.25) is 10.0 Å². The predicted molar refractivity (Wildman–Crippen MR) is 94.1 cm³/mol. The normalized spacial score (nSPS) is 11.3. The Hall–Kier alpha value is -2.25. The van der Waals surface area contributed by atoms with Gasteiger partial charge in [-0.3, -0.25) is 4.79 Å². The Morgan fingerprint density at radius 3 is 2.40 bits per heavy atom. The van der Waals surface area contributed by atoms with Crippen LogP contribution in [0, 0.1) is 5.82 Å². The second-order valence-electron chi connectivity index (χ2n) is 5.42. The number of nitrogens with zero attached hydrogens (tertiary/aromatic N) is 1. The Balaban J connectivity index is 2.21. The summed E-state index contributed by atoms with van der Waals surface area (Å²) in [6.45, 7) is 4.63. The SMILES string of the molecule is CCN(CC)C(=O)c1cccc(S(=O)(=O)NCc2ccccc2F)c1. The Morgan fingerprint density at radius 1 is 1.08 bits per heavy atom. The molecule has 2 aromatic carbocycles. The summed E-state index contributed by atoms with van der Waals surface area (Å²) in [6.07, 6.45) is 0. The first kappa shape index (κ1) is 19.1. The first-order valence-electron chi connectivity index (χ1n) is 8.01. The van der Waals surface area contributed by atoms with Gasteiger partial charge in [-0.05, 0) is 38.1 Å². The van der Waals surface area contributed by atoms with E-state index >= 15 is 0 Å². The molecule has 0 saturated carbocycles. The molecular weight excluding hydrogens is 343 g/mol. The molecule has 0 aromatic heterocycles. The molecule has 0 aliphatic rings. The lowest BCUT2D eigenvalue weighted by atomic mass is 10.2. The fourth-order valence-corrected chi connectivity index (χ4v) is 3.44. The van der Waals surface area contributed by atoms with Crippen molar-refractivity contribution >= 4 is 15.9 Å². The first-order chi connectivity index (χ1) is 11.9. The lowest BCUT2D eigenvalue weighted by Crippen LogP contribution is -2.30. The third kappa shape index (κ3) is 4.64. The van der Waals surface area contributed by atoms with Crippen LogP contribution in [-0.2, 0) is 16.6 Å². The number of hydrogen-bond donors (Lipinski definition) is 1. The van der Waals surface area contributed by atoms with Crippen molar-refractivity contribution in [3.63, 3.8) is 0 Å². The van der Waals surface area contributed by atoms with E-state index in [1.54, 1.807) is 17.0 Å². The van der Waals surface area contributed by atoms with Gasteiger partial charge in [0.1, 0.15) is 5.82 Å². The molecule has 0 bridgehead atoms. The van der Waals surface area contributed by atoms with Crippen molar-refractivity contribution in [2.75, 3.05) is 13.1 Å². The molecule has 1 amide bonds. The van der Waals surface area contributed by atoms with E-state index in [2.05, 4.69) is 4.72 Å². The van der Waals surface area contributed by atoms with E-state index in [0.29, 0.717) is 18.7 Å². The van der Waals surface area contributed by atoms with Crippen molar-refractivity contribution in [2.24, 2.45) is 0 Å². The highest BCUT2D eigenvalue weighted by molar-refractivity contribution is 7.89. The van der Waals surface area contributed by atoms with Gasteiger partial charge in [-0.2, -0.15) is 0 Å². The zero-order valence-electron chi connectivity index (χ0n) is 14.2. The van der Waals surface area contributed by atoms with Gasteiger partial charge >= 0.3 is 0 Å². The van der Waals surface area contributed by atoms with Crippen LogP contribution in [0.2, 0.25) is 0 Å². The summed E-state index contributed by atoms with van der Waals surface area (Å²) in [5.74, 6) is -0.702. The molecular formula is C18H21FN2O3S. The van der Waals surface area contributed by atoms with Gasteiger partial charge in [0.25, 0.3) is 5.91 Å². The lowest BCUT2D eigenvalue weighted by Gasteiger charge is -2.19. The summed E-state index contributed by atoms with van der Waals surface area (Å²) in [4.78, 5) is 14.0. The maximum atomic E-state index is 13.6. The molecule has 5 nitrogen and oxygen atoms in total. The third-order valence-corrected chi connectivity index (χ3v) is 5.25. The molecule has 0 unspecified atom stereocenters. The molecule has 7 heteroatoms. The molecule has 2 rings (SSSR count). The number of rotatable bonds is 7. The zero-order chi connectivity index (χ0) is 18.4.